The molecule has 0 heterocycles. The normalized spacial score (nSPS) is 20.8. The topological polar surface area (TPSA) is 47.6 Å². The molecular weight excluding hydrogens is 290 g/mol. The molecule has 2 rings (SSSR count). The van der Waals surface area contributed by atoms with Crippen LogP contribution in [0.1, 0.15) is 63.2 Å². The summed E-state index contributed by atoms with van der Waals surface area (Å²) in [5.41, 5.74) is 0.634. The molecule has 0 aliphatic heterocycles. The molecule has 1 aliphatic rings. The number of carbonyl (C=O) groups excluding carboxylic acids is 1. The van der Waals surface area contributed by atoms with Crippen LogP contribution in [-0.4, -0.2) is 25.2 Å². The van der Waals surface area contributed by atoms with E-state index in [-0.39, 0.29) is 11.9 Å². The number of hydrogen-bond acceptors (Lipinski definition) is 3. The van der Waals surface area contributed by atoms with Gasteiger partial charge in [-0.1, -0.05) is 26.7 Å². The van der Waals surface area contributed by atoms with Gasteiger partial charge in [0.1, 0.15) is 0 Å². The summed E-state index contributed by atoms with van der Waals surface area (Å²) in [6.45, 7) is 7.41. The highest BCUT2D eigenvalue weighted by atomic mass is 16.5. The molecule has 1 aromatic carbocycles. The van der Waals surface area contributed by atoms with E-state index in [1.165, 1.54) is 19.3 Å². The number of amides is 1. The summed E-state index contributed by atoms with van der Waals surface area (Å²) in [5, 5.41) is 3.18. The van der Waals surface area contributed by atoms with Gasteiger partial charge in [0.25, 0.3) is 5.91 Å². The van der Waals surface area contributed by atoms with Gasteiger partial charge >= 0.3 is 0 Å². The lowest BCUT2D eigenvalue weighted by Crippen LogP contribution is -2.41. The van der Waals surface area contributed by atoms with E-state index in [0.29, 0.717) is 36.2 Å². The van der Waals surface area contributed by atoms with Gasteiger partial charge in [-0.15, -0.1) is 0 Å². The van der Waals surface area contributed by atoms with Crippen LogP contribution in [-0.2, 0) is 0 Å². The van der Waals surface area contributed by atoms with Crippen molar-refractivity contribution in [1.82, 2.24) is 5.32 Å². The van der Waals surface area contributed by atoms with Crippen molar-refractivity contribution in [3.05, 3.63) is 23.8 Å². The van der Waals surface area contributed by atoms with E-state index < -0.39 is 0 Å². The quantitative estimate of drug-likeness (QED) is 0.820. The zero-order valence-electron chi connectivity index (χ0n) is 14.6. The molecule has 0 spiro atoms. The lowest BCUT2D eigenvalue weighted by Gasteiger charge is -2.29. The highest BCUT2D eigenvalue weighted by Gasteiger charge is 2.23. The van der Waals surface area contributed by atoms with Crippen molar-refractivity contribution in [1.29, 1.82) is 0 Å². The van der Waals surface area contributed by atoms with Crippen LogP contribution in [0.25, 0.3) is 0 Å². The molecule has 23 heavy (non-hydrogen) atoms. The third-order valence-electron chi connectivity index (χ3n) is 4.40. The van der Waals surface area contributed by atoms with Gasteiger partial charge in [0.15, 0.2) is 11.5 Å². The number of hydrogen-bond donors (Lipinski definition) is 1. The van der Waals surface area contributed by atoms with E-state index >= 15 is 0 Å². The van der Waals surface area contributed by atoms with Crippen molar-refractivity contribution in [2.45, 2.75) is 58.9 Å². The average Bonchev–Trinajstić information content (AvgIpc) is 2.56. The fourth-order valence-corrected chi connectivity index (χ4v) is 3.03. The Bertz CT molecular complexity index is 515. The maximum Gasteiger partial charge on any atom is 0.251 e. The third-order valence-corrected chi connectivity index (χ3v) is 4.40. The Labute approximate surface area is 139 Å². The van der Waals surface area contributed by atoms with E-state index in [1.807, 2.05) is 19.1 Å². The molecule has 1 saturated carbocycles. The second-order valence-corrected chi connectivity index (χ2v) is 6.28. The largest absolute Gasteiger partial charge is 0.490 e. The molecule has 128 valence electrons. The first kappa shape index (κ1) is 17.6. The van der Waals surface area contributed by atoms with Crippen LogP contribution in [0.4, 0.5) is 0 Å². The maximum atomic E-state index is 12.5. The van der Waals surface area contributed by atoms with Gasteiger partial charge in [0.05, 0.1) is 13.2 Å². The van der Waals surface area contributed by atoms with Crippen molar-refractivity contribution in [3.63, 3.8) is 0 Å². The molecule has 2 unspecified atom stereocenters. The summed E-state index contributed by atoms with van der Waals surface area (Å²) in [6.07, 6.45) is 5.67. The second kappa shape index (κ2) is 8.80. The summed E-state index contributed by atoms with van der Waals surface area (Å²) in [6, 6.07) is 5.72. The lowest BCUT2D eigenvalue weighted by molar-refractivity contribution is 0.0909. The van der Waals surface area contributed by atoms with Gasteiger partial charge in [-0.2, -0.15) is 0 Å². The van der Waals surface area contributed by atoms with Crippen LogP contribution in [0.2, 0.25) is 0 Å². The fraction of sp³-hybridized carbons (Fsp3) is 0.632. The minimum atomic E-state index is -0.0215. The number of nitrogens with one attached hydrogen (secondary N) is 1. The van der Waals surface area contributed by atoms with E-state index in [2.05, 4.69) is 19.2 Å². The minimum Gasteiger partial charge on any atom is -0.490 e. The zero-order valence-corrected chi connectivity index (χ0v) is 14.6. The summed E-state index contributed by atoms with van der Waals surface area (Å²) in [4.78, 5) is 12.5. The molecule has 0 aromatic heterocycles. The summed E-state index contributed by atoms with van der Waals surface area (Å²) >= 11 is 0. The highest BCUT2D eigenvalue weighted by molar-refractivity contribution is 5.95. The first-order chi connectivity index (χ1) is 11.2. The van der Waals surface area contributed by atoms with Gasteiger partial charge < -0.3 is 14.8 Å². The Kier molecular flexibility index (Phi) is 6.75. The zero-order chi connectivity index (χ0) is 16.7. The molecule has 2 atom stereocenters. The molecule has 4 heteroatoms. The predicted molar refractivity (Wildman–Crippen MR) is 92.3 cm³/mol. The monoisotopic (exact) mass is 319 g/mol. The number of benzene rings is 1. The van der Waals surface area contributed by atoms with Crippen molar-refractivity contribution in [2.24, 2.45) is 5.92 Å². The maximum absolute atomic E-state index is 12.5. The van der Waals surface area contributed by atoms with Gasteiger partial charge in [0.2, 0.25) is 0 Å². The first-order valence-electron chi connectivity index (χ1n) is 8.86. The standard InChI is InChI=1S/C19H29NO3/c1-4-12-23-17-11-10-15(13-18(17)22-5-2)19(21)20-16-9-7-6-8-14(16)3/h10-11,13-14,16H,4-9,12H2,1-3H3,(H,20,21). The van der Waals surface area contributed by atoms with Gasteiger partial charge in [-0.05, 0) is 50.3 Å². The minimum absolute atomic E-state index is 0.0215. The Morgan fingerprint density at radius 3 is 2.65 bits per heavy atom. The third kappa shape index (κ3) is 4.88. The van der Waals surface area contributed by atoms with Crippen molar-refractivity contribution >= 4 is 5.91 Å². The summed E-state index contributed by atoms with van der Waals surface area (Å²) in [7, 11) is 0. The van der Waals surface area contributed by atoms with Crippen LogP contribution in [0.15, 0.2) is 18.2 Å². The molecule has 1 aromatic rings. The van der Waals surface area contributed by atoms with Gasteiger partial charge in [-0.25, -0.2) is 0 Å². The van der Waals surface area contributed by atoms with Gasteiger partial charge in [0, 0.05) is 11.6 Å². The first-order valence-corrected chi connectivity index (χ1v) is 8.86. The summed E-state index contributed by atoms with van der Waals surface area (Å²) in [5.74, 6) is 1.87. The van der Waals surface area contributed by atoms with Crippen LogP contribution in [0.5, 0.6) is 11.5 Å². The molecule has 4 nitrogen and oxygen atoms in total. The van der Waals surface area contributed by atoms with Crippen molar-refractivity contribution in [3.8, 4) is 11.5 Å². The highest BCUT2D eigenvalue weighted by Crippen LogP contribution is 2.29. The number of rotatable bonds is 7. The van der Waals surface area contributed by atoms with E-state index in [9.17, 15) is 4.79 Å². The smallest absolute Gasteiger partial charge is 0.251 e. The molecule has 1 N–H and O–H groups in total. The van der Waals surface area contributed by atoms with Crippen molar-refractivity contribution in [2.75, 3.05) is 13.2 Å². The summed E-state index contributed by atoms with van der Waals surface area (Å²) < 4.78 is 11.3. The SMILES string of the molecule is CCCOc1ccc(C(=O)NC2CCCCC2C)cc1OCC. The Balaban J connectivity index is 2.08. The Morgan fingerprint density at radius 2 is 1.96 bits per heavy atom. The van der Waals surface area contributed by atoms with E-state index in [4.69, 9.17) is 9.47 Å². The molecular formula is C19H29NO3. The average molecular weight is 319 g/mol. The lowest BCUT2D eigenvalue weighted by atomic mass is 9.86. The van der Waals surface area contributed by atoms with Crippen LogP contribution in [0.3, 0.4) is 0 Å². The predicted octanol–water partition coefficient (Wildman–Crippen LogP) is 4.18. The van der Waals surface area contributed by atoms with E-state index in [0.717, 1.165) is 12.8 Å². The number of carbonyl (C=O) groups is 1. The fourth-order valence-electron chi connectivity index (χ4n) is 3.03. The molecule has 0 saturated heterocycles. The second-order valence-electron chi connectivity index (χ2n) is 6.28. The number of ether oxygens (including phenoxy) is 2. The molecule has 1 fully saturated rings. The van der Waals surface area contributed by atoms with Crippen LogP contribution >= 0.6 is 0 Å². The molecule has 0 radical (unpaired) electrons. The van der Waals surface area contributed by atoms with Crippen LogP contribution < -0.4 is 14.8 Å². The molecule has 1 aliphatic carbocycles. The Morgan fingerprint density at radius 1 is 1.17 bits per heavy atom. The van der Waals surface area contributed by atoms with Crippen molar-refractivity contribution < 1.29 is 14.3 Å². The Hall–Kier alpha value is -1.71. The molecule has 0 bridgehead atoms. The van der Waals surface area contributed by atoms with Crippen LogP contribution in [0, 0.1) is 5.92 Å². The van der Waals surface area contributed by atoms with Gasteiger partial charge in [-0.3, -0.25) is 4.79 Å². The van der Waals surface area contributed by atoms with E-state index in [1.54, 1.807) is 6.07 Å². The molecule has 1 amide bonds.